The number of carbonyl (C=O) groups is 1. The van der Waals surface area contributed by atoms with Crippen LogP contribution in [0.5, 0.6) is 0 Å². The lowest BCUT2D eigenvalue weighted by atomic mass is 9.83. The molecule has 2 unspecified atom stereocenters. The van der Waals surface area contributed by atoms with Crippen molar-refractivity contribution in [2.75, 3.05) is 0 Å². The first kappa shape index (κ1) is 10.4. The minimum atomic E-state index is -0.494. The Morgan fingerprint density at radius 3 is 2.88 bits per heavy atom. The summed E-state index contributed by atoms with van der Waals surface area (Å²) in [6.45, 7) is 0. The van der Waals surface area contributed by atoms with Crippen molar-refractivity contribution in [1.29, 1.82) is 0 Å². The highest BCUT2D eigenvalue weighted by atomic mass is 16.3. The van der Waals surface area contributed by atoms with Crippen LogP contribution in [0.1, 0.15) is 23.7 Å². The molecule has 0 saturated carbocycles. The fourth-order valence-electron chi connectivity index (χ4n) is 2.64. The van der Waals surface area contributed by atoms with Gasteiger partial charge in [0, 0.05) is 17.0 Å². The van der Waals surface area contributed by atoms with E-state index in [2.05, 4.69) is 0 Å². The summed E-state index contributed by atoms with van der Waals surface area (Å²) in [5, 5.41) is 1.07. The summed E-state index contributed by atoms with van der Waals surface area (Å²) >= 11 is 0. The van der Waals surface area contributed by atoms with E-state index in [0.29, 0.717) is 5.76 Å². The standard InChI is InChI=1S/C13H14N2O2/c14-9-6-5-8-7-3-1-2-4-10(7)17-12(8)11(9)13(15)16/h1-4,9,11H,5-6,14H2,(H2,15,16). The van der Waals surface area contributed by atoms with Gasteiger partial charge in [0.2, 0.25) is 5.91 Å². The molecule has 0 fully saturated rings. The number of fused-ring (bicyclic) bond motifs is 3. The molecule has 0 bridgehead atoms. The molecule has 2 aromatic rings. The number of nitrogens with two attached hydrogens (primary N) is 2. The van der Waals surface area contributed by atoms with Crippen molar-refractivity contribution < 1.29 is 9.21 Å². The first-order valence-corrected chi connectivity index (χ1v) is 5.73. The van der Waals surface area contributed by atoms with Crippen molar-refractivity contribution in [2.24, 2.45) is 11.5 Å². The van der Waals surface area contributed by atoms with E-state index in [0.717, 1.165) is 29.4 Å². The topological polar surface area (TPSA) is 82.2 Å². The number of aryl methyl sites for hydroxylation is 1. The molecule has 1 amide bonds. The normalized spacial score (nSPS) is 23.6. The van der Waals surface area contributed by atoms with Crippen molar-refractivity contribution in [3.8, 4) is 0 Å². The summed E-state index contributed by atoms with van der Waals surface area (Å²) in [6, 6.07) is 7.55. The van der Waals surface area contributed by atoms with E-state index in [-0.39, 0.29) is 6.04 Å². The first-order chi connectivity index (χ1) is 8.18. The third kappa shape index (κ3) is 1.45. The summed E-state index contributed by atoms with van der Waals surface area (Å²) in [5.74, 6) is -0.235. The van der Waals surface area contributed by atoms with Crippen LogP contribution >= 0.6 is 0 Å². The van der Waals surface area contributed by atoms with E-state index in [1.165, 1.54) is 0 Å². The van der Waals surface area contributed by atoms with Gasteiger partial charge in [0.25, 0.3) is 0 Å². The molecule has 4 N–H and O–H groups in total. The molecular formula is C13H14N2O2. The van der Waals surface area contributed by atoms with Crippen LogP contribution in [0.4, 0.5) is 0 Å². The van der Waals surface area contributed by atoms with Crippen LogP contribution in [0.15, 0.2) is 28.7 Å². The predicted octanol–water partition coefficient (Wildman–Crippen LogP) is 1.28. The van der Waals surface area contributed by atoms with E-state index in [1.807, 2.05) is 24.3 Å². The fraction of sp³-hybridized carbons (Fsp3) is 0.308. The van der Waals surface area contributed by atoms with E-state index < -0.39 is 11.8 Å². The van der Waals surface area contributed by atoms with Crippen LogP contribution in [0.2, 0.25) is 0 Å². The molecule has 1 aliphatic carbocycles. The van der Waals surface area contributed by atoms with E-state index in [4.69, 9.17) is 15.9 Å². The average molecular weight is 230 g/mol. The zero-order chi connectivity index (χ0) is 12.0. The van der Waals surface area contributed by atoms with Gasteiger partial charge < -0.3 is 15.9 Å². The van der Waals surface area contributed by atoms with Gasteiger partial charge in [-0.1, -0.05) is 18.2 Å². The highest BCUT2D eigenvalue weighted by molar-refractivity contribution is 5.88. The number of hydrogen-bond donors (Lipinski definition) is 2. The zero-order valence-corrected chi connectivity index (χ0v) is 9.35. The Morgan fingerprint density at radius 1 is 1.35 bits per heavy atom. The van der Waals surface area contributed by atoms with Crippen LogP contribution in [0.25, 0.3) is 11.0 Å². The molecule has 4 nitrogen and oxygen atoms in total. The van der Waals surface area contributed by atoms with Crippen LogP contribution in [0.3, 0.4) is 0 Å². The van der Waals surface area contributed by atoms with Gasteiger partial charge in [-0.05, 0) is 18.9 Å². The van der Waals surface area contributed by atoms with Crippen LogP contribution in [-0.2, 0) is 11.2 Å². The van der Waals surface area contributed by atoms with E-state index >= 15 is 0 Å². The zero-order valence-electron chi connectivity index (χ0n) is 9.35. The average Bonchev–Trinajstić information content (AvgIpc) is 2.66. The molecule has 1 aromatic heterocycles. The number of benzene rings is 1. The number of para-hydroxylation sites is 1. The van der Waals surface area contributed by atoms with E-state index in [1.54, 1.807) is 0 Å². The van der Waals surface area contributed by atoms with Gasteiger partial charge in [0.05, 0.1) is 0 Å². The molecule has 1 aliphatic rings. The number of hydrogen-bond acceptors (Lipinski definition) is 3. The highest BCUT2D eigenvalue weighted by Crippen LogP contribution is 2.37. The Balaban J connectivity index is 2.25. The predicted molar refractivity (Wildman–Crippen MR) is 64.4 cm³/mol. The smallest absolute Gasteiger partial charge is 0.229 e. The summed E-state index contributed by atoms with van der Waals surface area (Å²) in [5.41, 5.74) is 13.3. The second-order valence-electron chi connectivity index (χ2n) is 4.52. The van der Waals surface area contributed by atoms with Crippen molar-refractivity contribution in [1.82, 2.24) is 0 Å². The monoisotopic (exact) mass is 230 g/mol. The third-order valence-corrected chi connectivity index (χ3v) is 3.47. The Labute approximate surface area is 98.6 Å². The lowest BCUT2D eigenvalue weighted by molar-refractivity contribution is -0.120. The molecule has 1 heterocycles. The number of primary amides is 1. The molecule has 1 aromatic carbocycles. The minimum absolute atomic E-state index is 0.236. The number of amides is 1. The van der Waals surface area contributed by atoms with Gasteiger partial charge in [-0.15, -0.1) is 0 Å². The van der Waals surface area contributed by atoms with E-state index in [9.17, 15) is 4.79 Å². The molecule has 88 valence electrons. The molecule has 0 spiro atoms. The molecular weight excluding hydrogens is 216 g/mol. The number of carbonyl (C=O) groups excluding carboxylic acids is 1. The quantitative estimate of drug-likeness (QED) is 0.774. The maximum absolute atomic E-state index is 11.5. The highest BCUT2D eigenvalue weighted by Gasteiger charge is 2.35. The Bertz CT molecular complexity index is 588. The SMILES string of the molecule is NC(=O)C1c2oc3ccccc3c2CCC1N. The Kier molecular flexibility index (Phi) is 2.19. The largest absolute Gasteiger partial charge is 0.460 e. The summed E-state index contributed by atoms with van der Waals surface area (Å²) in [7, 11) is 0. The molecule has 0 saturated heterocycles. The maximum atomic E-state index is 11.5. The molecule has 4 heteroatoms. The second-order valence-corrected chi connectivity index (χ2v) is 4.52. The molecule has 0 radical (unpaired) electrons. The van der Waals surface area contributed by atoms with Crippen molar-refractivity contribution in [3.63, 3.8) is 0 Å². The molecule has 0 aliphatic heterocycles. The number of rotatable bonds is 1. The van der Waals surface area contributed by atoms with Crippen molar-refractivity contribution in [3.05, 3.63) is 35.6 Å². The summed E-state index contributed by atoms with van der Waals surface area (Å²) in [4.78, 5) is 11.5. The van der Waals surface area contributed by atoms with Crippen molar-refractivity contribution in [2.45, 2.75) is 24.8 Å². The molecule has 17 heavy (non-hydrogen) atoms. The fourth-order valence-corrected chi connectivity index (χ4v) is 2.64. The van der Waals surface area contributed by atoms with Gasteiger partial charge in [0.15, 0.2) is 0 Å². The van der Waals surface area contributed by atoms with Crippen LogP contribution < -0.4 is 11.5 Å². The van der Waals surface area contributed by atoms with Gasteiger partial charge >= 0.3 is 0 Å². The Hall–Kier alpha value is -1.81. The van der Waals surface area contributed by atoms with Gasteiger partial charge in [0.1, 0.15) is 17.3 Å². The van der Waals surface area contributed by atoms with Crippen molar-refractivity contribution >= 4 is 16.9 Å². The molecule has 2 atom stereocenters. The van der Waals surface area contributed by atoms with Gasteiger partial charge in [-0.3, -0.25) is 4.79 Å². The van der Waals surface area contributed by atoms with Crippen LogP contribution in [-0.4, -0.2) is 11.9 Å². The third-order valence-electron chi connectivity index (χ3n) is 3.47. The molecule has 3 rings (SSSR count). The minimum Gasteiger partial charge on any atom is -0.460 e. The maximum Gasteiger partial charge on any atom is 0.229 e. The number of furan rings is 1. The first-order valence-electron chi connectivity index (χ1n) is 5.73. The lowest BCUT2D eigenvalue weighted by Crippen LogP contribution is -2.40. The van der Waals surface area contributed by atoms with Gasteiger partial charge in [-0.2, -0.15) is 0 Å². The summed E-state index contributed by atoms with van der Waals surface area (Å²) in [6.07, 6.45) is 1.61. The second kappa shape index (κ2) is 3.60. The van der Waals surface area contributed by atoms with Crippen LogP contribution in [0, 0.1) is 0 Å². The van der Waals surface area contributed by atoms with Gasteiger partial charge in [-0.25, -0.2) is 0 Å². The Morgan fingerprint density at radius 2 is 2.12 bits per heavy atom. The summed E-state index contributed by atoms with van der Waals surface area (Å²) < 4.78 is 5.75. The lowest BCUT2D eigenvalue weighted by Gasteiger charge is -2.24.